The topological polar surface area (TPSA) is 115 Å². The maximum Gasteiger partial charge on any atom is 0.244 e. The van der Waals surface area contributed by atoms with Gasteiger partial charge < -0.3 is 10.2 Å². The van der Waals surface area contributed by atoms with Crippen LogP contribution in [0.15, 0.2) is 4.90 Å². The number of aryl methyl sites for hydroxylation is 2. The van der Waals surface area contributed by atoms with Gasteiger partial charge >= 0.3 is 0 Å². The molecule has 0 bridgehead atoms. The molecular weight excluding hydrogens is 234 g/mol. The van der Waals surface area contributed by atoms with Gasteiger partial charge in [0.2, 0.25) is 10.0 Å². The van der Waals surface area contributed by atoms with E-state index in [9.17, 15) is 8.42 Å². The van der Waals surface area contributed by atoms with E-state index in [2.05, 4.69) is 14.9 Å². The third-order valence-corrected chi connectivity index (χ3v) is 3.73. The molecular formula is C8H15N3O4S. The second-order valence-electron chi connectivity index (χ2n) is 3.45. The highest BCUT2D eigenvalue weighted by atomic mass is 32.2. The molecule has 1 aromatic heterocycles. The van der Waals surface area contributed by atoms with Gasteiger partial charge in [0.1, 0.15) is 4.90 Å². The van der Waals surface area contributed by atoms with Gasteiger partial charge in [-0.25, -0.2) is 13.1 Å². The third-order valence-electron chi connectivity index (χ3n) is 2.05. The van der Waals surface area contributed by atoms with Gasteiger partial charge in [-0.05, 0) is 13.8 Å². The van der Waals surface area contributed by atoms with Crippen molar-refractivity contribution in [2.24, 2.45) is 0 Å². The summed E-state index contributed by atoms with van der Waals surface area (Å²) in [5, 5.41) is 24.0. The Bertz CT molecular complexity index is 434. The normalized spacial score (nSPS) is 14.0. The Morgan fingerprint density at radius 3 is 2.56 bits per heavy atom. The SMILES string of the molecule is Cc1n[nH]c(C)c1S(=O)(=O)NCC(O)CO. The number of aromatic nitrogens is 2. The number of nitrogens with zero attached hydrogens (tertiary/aromatic N) is 1. The monoisotopic (exact) mass is 249 g/mol. The molecule has 1 unspecified atom stereocenters. The molecule has 0 saturated heterocycles. The number of aliphatic hydroxyl groups excluding tert-OH is 2. The van der Waals surface area contributed by atoms with Crippen LogP contribution in [0.3, 0.4) is 0 Å². The van der Waals surface area contributed by atoms with Crippen LogP contribution in [-0.4, -0.2) is 48.1 Å². The maximum absolute atomic E-state index is 11.8. The average Bonchev–Trinajstić information content (AvgIpc) is 2.55. The third kappa shape index (κ3) is 2.79. The molecule has 0 aliphatic heterocycles. The molecule has 1 aromatic rings. The zero-order valence-electron chi connectivity index (χ0n) is 9.06. The molecule has 0 spiro atoms. The van der Waals surface area contributed by atoms with Crippen molar-refractivity contribution in [3.63, 3.8) is 0 Å². The van der Waals surface area contributed by atoms with Crippen LogP contribution in [0.5, 0.6) is 0 Å². The Morgan fingerprint density at radius 2 is 2.12 bits per heavy atom. The fourth-order valence-electron chi connectivity index (χ4n) is 1.28. The van der Waals surface area contributed by atoms with Crippen LogP contribution in [0, 0.1) is 13.8 Å². The second-order valence-corrected chi connectivity index (χ2v) is 5.16. The van der Waals surface area contributed by atoms with E-state index in [4.69, 9.17) is 10.2 Å². The lowest BCUT2D eigenvalue weighted by Gasteiger charge is -2.09. The highest BCUT2D eigenvalue weighted by Crippen LogP contribution is 2.15. The lowest BCUT2D eigenvalue weighted by atomic mass is 10.4. The Balaban J connectivity index is 2.87. The van der Waals surface area contributed by atoms with Crippen molar-refractivity contribution in [3.05, 3.63) is 11.4 Å². The number of nitrogens with one attached hydrogen (secondary N) is 2. The first kappa shape index (κ1) is 13.1. The minimum absolute atomic E-state index is 0.0811. The van der Waals surface area contributed by atoms with Crippen molar-refractivity contribution >= 4 is 10.0 Å². The lowest BCUT2D eigenvalue weighted by molar-refractivity contribution is 0.0988. The summed E-state index contributed by atoms with van der Waals surface area (Å²) in [7, 11) is -3.70. The smallest absolute Gasteiger partial charge is 0.244 e. The van der Waals surface area contributed by atoms with Gasteiger partial charge in [0, 0.05) is 6.54 Å². The van der Waals surface area contributed by atoms with E-state index in [1.165, 1.54) is 0 Å². The van der Waals surface area contributed by atoms with Crippen LogP contribution >= 0.6 is 0 Å². The van der Waals surface area contributed by atoms with Crippen LogP contribution in [0.1, 0.15) is 11.4 Å². The van der Waals surface area contributed by atoms with Crippen molar-refractivity contribution in [3.8, 4) is 0 Å². The van der Waals surface area contributed by atoms with Crippen molar-refractivity contribution in [1.82, 2.24) is 14.9 Å². The van der Waals surface area contributed by atoms with Gasteiger partial charge in [-0.3, -0.25) is 5.10 Å². The number of aromatic amines is 1. The molecule has 0 aromatic carbocycles. The zero-order chi connectivity index (χ0) is 12.3. The molecule has 8 heteroatoms. The highest BCUT2D eigenvalue weighted by molar-refractivity contribution is 7.89. The molecule has 1 heterocycles. The first-order valence-electron chi connectivity index (χ1n) is 4.68. The summed E-state index contributed by atoms with van der Waals surface area (Å²) in [4.78, 5) is 0.0811. The average molecular weight is 249 g/mol. The van der Waals surface area contributed by atoms with E-state index >= 15 is 0 Å². The van der Waals surface area contributed by atoms with Gasteiger partial charge in [-0.15, -0.1) is 0 Å². The number of hydrogen-bond acceptors (Lipinski definition) is 5. The first-order valence-corrected chi connectivity index (χ1v) is 6.17. The van der Waals surface area contributed by atoms with Gasteiger partial charge in [-0.2, -0.15) is 5.10 Å². The summed E-state index contributed by atoms with van der Waals surface area (Å²) in [5.41, 5.74) is 0.798. The molecule has 0 aliphatic rings. The molecule has 0 radical (unpaired) electrons. The van der Waals surface area contributed by atoms with E-state index in [-0.39, 0.29) is 11.4 Å². The number of hydrogen-bond donors (Lipinski definition) is 4. The fraction of sp³-hybridized carbons (Fsp3) is 0.625. The molecule has 0 amide bonds. The van der Waals surface area contributed by atoms with Crippen LogP contribution in [-0.2, 0) is 10.0 Å². The summed E-state index contributed by atoms with van der Waals surface area (Å²) in [6.45, 7) is 2.44. The van der Waals surface area contributed by atoms with Gasteiger partial charge in [0.25, 0.3) is 0 Å². The quantitative estimate of drug-likeness (QED) is 0.515. The zero-order valence-corrected chi connectivity index (χ0v) is 9.87. The predicted molar refractivity (Wildman–Crippen MR) is 56.3 cm³/mol. The van der Waals surface area contributed by atoms with E-state index in [0.717, 1.165) is 0 Å². The van der Waals surface area contributed by atoms with Crippen LogP contribution in [0.4, 0.5) is 0 Å². The first-order chi connectivity index (χ1) is 7.38. The molecule has 0 aliphatic carbocycles. The minimum atomic E-state index is -3.70. The maximum atomic E-state index is 11.8. The van der Waals surface area contributed by atoms with E-state index in [1.54, 1.807) is 13.8 Å². The highest BCUT2D eigenvalue weighted by Gasteiger charge is 2.22. The van der Waals surface area contributed by atoms with E-state index in [0.29, 0.717) is 11.4 Å². The van der Waals surface area contributed by atoms with Gasteiger partial charge in [0.05, 0.1) is 24.1 Å². The van der Waals surface area contributed by atoms with Crippen molar-refractivity contribution in [2.75, 3.05) is 13.2 Å². The van der Waals surface area contributed by atoms with Crippen LogP contribution in [0.2, 0.25) is 0 Å². The van der Waals surface area contributed by atoms with Gasteiger partial charge in [-0.1, -0.05) is 0 Å². The Hall–Kier alpha value is -0.960. The summed E-state index contributed by atoms with van der Waals surface area (Å²) in [5.74, 6) is 0. The summed E-state index contributed by atoms with van der Waals surface area (Å²) >= 11 is 0. The van der Waals surface area contributed by atoms with Crippen molar-refractivity contribution in [1.29, 1.82) is 0 Å². The predicted octanol–water partition coefficient (Wildman–Crippen LogP) is -1.34. The standard InChI is InChI=1S/C8H15N3O4S/c1-5-8(6(2)11-10-5)16(14,15)9-3-7(13)4-12/h7,9,12-13H,3-4H2,1-2H3,(H,10,11). The minimum Gasteiger partial charge on any atom is -0.394 e. The Kier molecular flexibility index (Phi) is 4.03. The molecule has 4 N–H and O–H groups in total. The molecule has 0 fully saturated rings. The number of rotatable bonds is 5. The summed E-state index contributed by atoms with van der Waals surface area (Å²) < 4.78 is 25.8. The molecule has 16 heavy (non-hydrogen) atoms. The van der Waals surface area contributed by atoms with Crippen molar-refractivity contribution < 1.29 is 18.6 Å². The summed E-state index contributed by atoms with van der Waals surface area (Å²) in [6, 6.07) is 0. The number of aliphatic hydroxyl groups is 2. The molecule has 0 saturated carbocycles. The number of sulfonamides is 1. The van der Waals surface area contributed by atoms with E-state index in [1.807, 2.05) is 0 Å². The lowest BCUT2D eigenvalue weighted by Crippen LogP contribution is -2.34. The van der Waals surface area contributed by atoms with Gasteiger partial charge in [0.15, 0.2) is 0 Å². The second kappa shape index (κ2) is 4.91. The number of H-pyrrole nitrogens is 1. The molecule has 7 nitrogen and oxygen atoms in total. The molecule has 1 rings (SSSR count). The molecule has 1 atom stereocenters. The van der Waals surface area contributed by atoms with Crippen LogP contribution in [0.25, 0.3) is 0 Å². The van der Waals surface area contributed by atoms with E-state index < -0.39 is 22.7 Å². The summed E-state index contributed by atoms with van der Waals surface area (Å²) in [6.07, 6.45) is -1.11. The largest absolute Gasteiger partial charge is 0.394 e. The Morgan fingerprint density at radius 1 is 1.50 bits per heavy atom. The van der Waals surface area contributed by atoms with Crippen molar-refractivity contribution in [2.45, 2.75) is 24.8 Å². The molecule has 92 valence electrons. The Labute approximate surface area is 93.6 Å². The van der Waals surface area contributed by atoms with Crippen LogP contribution < -0.4 is 4.72 Å². The fourth-order valence-corrected chi connectivity index (χ4v) is 2.72.